The fourth-order valence-corrected chi connectivity index (χ4v) is 2.82. The highest BCUT2D eigenvalue weighted by Gasteiger charge is 2.41. The minimum Gasteiger partial charge on any atom is -0.444 e. The molecule has 1 unspecified atom stereocenters. The Morgan fingerprint density at radius 3 is 2.71 bits per heavy atom. The molecule has 0 radical (unpaired) electrons. The van der Waals surface area contributed by atoms with E-state index in [4.69, 9.17) is 9.47 Å². The van der Waals surface area contributed by atoms with Gasteiger partial charge in [0.25, 0.3) is 0 Å². The third-order valence-electron chi connectivity index (χ3n) is 4.28. The molecule has 0 bridgehead atoms. The molecule has 0 aromatic heterocycles. The number of nitrogens with zero attached hydrogens (tertiary/aromatic N) is 2. The first-order valence-corrected chi connectivity index (χ1v) is 8.38. The molecule has 5 nitrogen and oxygen atoms in total. The van der Waals surface area contributed by atoms with Crippen LogP contribution < -0.4 is 0 Å². The molecule has 1 atom stereocenters. The van der Waals surface area contributed by atoms with Crippen LogP contribution in [0.1, 0.15) is 51.7 Å². The van der Waals surface area contributed by atoms with Crippen molar-refractivity contribution in [3.05, 3.63) is 35.4 Å². The van der Waals surface area contributed by atoms with E-state index in [1.54, 1.807) is 11.0 Å². The smallest absolute Gasteiger partial charge is 0.410 e. The molecule has 1 heterocycles. The maximum atomic E-state index is 12.2. The van der Waals surface area contributed by atoms with Crippen LogP contribution in [0.25, 0.3) is 0 Å². The average Bonchev–Trinajstić information content (AvgIpc) is 2.97. The second kappa shape index (κ2) is 7.23. The number of amides is 1. The summed E-state index contributed by atoms with van der Waals surface area (Å²) in [5.41, 5.74) is 0.634. The standard InChI is InChI=1S/C19H26N2O3/c1-5-19(23-13-16-9-7-6-8-15(16)12-20)10-11-21(14-19)17(22)24-18(2,3)4/h6-9H,5,10-11,13-14H2,1-4H3. The normalized spacial score (nSPS) is 20.7. The highest BCUT2D eigenvalue weighted by molar-refractivity contribution is 5.68. The first-order chi connectivity index (χ1) is 11.3. The topological polar surface area (TPSA) is 62.6 Å². The van der Waals surface area contributed by atoms with Crippen LogP contribution in [0.15, 0.2) is 24.3 Å². The minimum absolute atomic E-state index is 0.293. The first-order valence-electron chi connectivity index (χ1n) is 8.38. The van der Waals surface area contributed by atoms with Gasteiger partial charge in [0.2, 0.25) is 0 Å². The zero-order valence-corrected chi connectivity index (χ0v) is 15.0. The number of carbonyl (C=O) groups excluding carboxylic acids is 1. The molecule has 1 aliphatic heterocycles. The summed E-state index contributed by atoms with van der Waals surface area (Å²) in [6.07, 6.45) is 1.29. The fourth-order valence-electron chi connectivity index (χ4n) is 2.82. The first kappa shape index (κ1) is 18.3. The van der Waals surface area contributed by atoms with E-state index in [1.165, 1.54) is 0 Å². The van der Waals surface area contributed by atoms with Crippen molar-refractivity contribution in [2.24, 2.45) is 0 Å². The number of likely N-dealkylation sites (tertiary alicyclic amines) is 1. The van der Waals surface area contributed by atoms with Gasteiger partial charge in [0.15, 0.2) is 0 Å². The van der Waals surface area contributed by atoms with Crippen molar-refractivity contribution >= 4 is 6.09 Å². The Hall–Kier alpha value is -2.06. The summed E-state index contributed by atoms with van der Waals surface area (Å²) >= 11 is 0. The summed E-state index contributed by atoms with van der Waals surface area (Å²) < 4.78 is 11.6. The summed E-state index contributed by atoms with van der Waals surface area (Å²) in [6, 6.07) is 9.63. The summed E-state index contributed by atoms with van der Waals surface area (Å²) in [5.74, 6) is 0. The number of ether oxygens (including phenoxy) is 2. The van der Waals surface area contributed by atoms with Crippen molar-refractivity contribution in [3.63, 3.8) is 0 Å². The highest BCUT2D eigenvalue weighted by atomic mass is 16.6. The molecular formula is C19H26N2O3. The molecule has 0 saturated carbocycles. The second-order valence-corrected chi connectivity index (χ2v) is 7.25. The molecular weight excluding hydrogens is 304 g/mol. The molecule has 0 N–H and O–H groups in total. The number of carbonyl (C=O) groups is 1. The fraction of sp³-hybridized carbons (Fsp3) is 0.579. The van der Waals surface area contributed by atoms with Gasteiger partial charge in [-0.15, -0.1) is 0 Å². The Balaban J connectivity index is 2.01. The number of hydrogen-bond donors (Lipinski definition) is 0. The van der Waals surface area contributed by atoms with Gasteiger partial charge >= 0.3 is 6.09 Å². The van der Waals surface area contributed by atoms with E-state index >= 15 is 0 Å². The van der Waals surface area contributed by atoms with Gasteiger partial charge < -0.3 is 14.4 Å². The lowest BCUT2D eigenvalue weighted by Crippen LogP contribution is -2.40. The van der Waals surface area contributed by atoms with E-state index < -0.39 is 5.60 Å². The van der Waals surface area contributed by atoms with Crippen molar-refractivity contribution in [2.45, 2.75) is 58.3 Å². The highest BCUT2D eigenvalue weighted by Crippen LogP contribution is 2.31. The largest absolute Gasteiger partial charge is 0.444 e. The van der Waals surface area contributed by atoms with E-state index in [0.717, 1.165) is 18.4 Å². The Labute approximate surface area is 144 Å². The molecule has 1 aliphatic rings. The lowest BCUT2D eigenvalue weighted by molar-refractivity contribution is -0.0528. The van der Waals surface area contributed by atoms with Gasteiger partial charge in [0.05, 0.1) is 30.4 Å². The molecule has 5 heteroatoms. The van der Waals surface area contributed by atoms with Gasteiger partial charge in [-0.05, 0) is 45.2 Å². The number of benzene rings is 1. The molecule has 1 saturated heterocycles. The SMILES string of the molecule is CCC1(OCc2ccccc2C#N)CCN(C(=O)OC(C)(C)C)C1. The Kier molecular flexibility index (Phi) is 5.51. The van der Waals surface area contributed by atoms with Gasteiger partial charge in [-0.3, -0.25) is 0 Å². The number of hydrogen-bond acceptors (Lipinski definition) is 4. The molecule has 1 amide bonds. The zero-order valence-electron chi connectivity index (χ0n) is 15.0. The van der Waals surface area contributed by atoms with Gasteiger partial charge in [0.1, 0.15) is 5.60 Å². The predicted molar refractivity (Wildman–Crippen MR) is 91.4 cm³/mol. The Bertz CT molecular complexity index is 630. The third kappa shape index (κ3) is 4.48. The van der Waals surface area contributed by atoms with Gasteiger partial charge in [-0.2, -0.15) is 5.26 Å². The molecule has 1 aromatic carbocycles. The molecule has 1 aromatic rings. The summed E-state index contributed by atoms with van der Waals surface area (Å²) in [5, 5.41) is 9.18. The van der Waals surface area contributed by atoms with Crippen LogP contribution in [0.4, 0.5) is 4.79 Å². The van der Waals surface area contributed by atoms with E-state index in [-0.39, 0.29) is 11.7 Å². The van der Waals surface area contributed by atoms with Crippen LogP contribution in [0.5, 0.6) is 0 Å². The van der Waals surface area contributed by atoms with E-state index in [1.807, 2.05) is 39.0 Å². The van der Waals surface area contributed by atoms with Crippen molar-refractivity contribution in [1.29, 1.82) is 5.26 Å². The number of rotatable bonds is 4. The van der Waals surface area contributed by atoms with Crippen LogP contribution in [0, 0.1) is 11.3 Å². The quantitative estimate of drug-likeness (QED) is 0.841. The van der Waals surface area contributed by atoms with Crippen LogP contribution >= 0.6 is 0 Å². The lowest BCUT2D eigenvalue weighted by Gasteiger charge is -2.29. The van der Waals surface area contributed by atoms with Crippen LogP contribution in [0.2, 0.25) is 0 Å². The Morgan fingerprint density at radius 2 is 2.08 bits per heavy atom. The molecule has 1 fully saturated rings. The van der Waals surface area contributed by atoms with Crippen LogP contribution in [0.3, 0.4) is 0 Å². The van der Waals surface area contributed by atoms with E-state index in [2.05, 4.69) is 13.0 Å². The molecule has 2 rings (SSSR count). The van der Waals surface area contributed by atoms with Crippen molar-refractivity contribution in [3.8, 4) is 6.07 Å². The van der Waals surface area contributed by atoms with Crippen molar-refractivity contribution < 1.29 is 14.3 Å². The molecule has 24 heavy (non-hydrogen) atoms. The summed E-state index contributed by atoms with van der Waals surface area (Å²) in [6.45, 7) is 9.18. The third-order valence-corrected chi connectivity index (χ3v) is 4.28. The van der Waals surface area contributed by atoms with Gasteiger partial charge in [-0.1, -0.05) is 25.1 Å². The maximum Gasteiger partial charge on any atom is 0.410 e. The molecule has 0 aliphatic carbocycles. The zero-order chi connectivity index (χ0) is 17.8. The minimum atomic E-state index is -0.499. The van der Waals surface area contributed by atoms with Gasteiger partial charge in [0, 0.05) is 6.54 Å². The predicted octanol–water partition coefficient (Wildman–Crippen LogP) is 3.86. The Morgan fingerprint density at radius 1 is 1.38 bits per heavy atom. The monoisotopic (exact) mass is 330 g/mol. The van der Waals surface area contributed by atoms with E-state index in [0.29, 0.717) is 25.3 Å². The molecule has 130 valence electrons. The van der Waals surface area contributed by atoms with E-state index in [9.17, 15) is 10.1 Å². The van der Waals surface area contributed by atoms with Gasteiger partial charge in [-0.25, -0.2) is 4.79 Å². The van der Waals surface area contributed by atoms with Crippen molar-refractivity contribution in [1.82, 2.24) is 4.90 Å². The van der Waals surface area contributed by atoms with Crippen LogP contribution in [-0.4, -0.2) is 35.3 Å². The van der Waals surface area contributed by atoms with Crippen molar-refractivity contribution in [2.75, 3.05) is 13.1 Å². The lowest BCUT2D eigenvalue weighted by atomic mass is 9.99. The second-order valence-electron chi connectivity index (χ2n) is 7.25. The summed E-state index contributed by atoms with van der Waals surface area (Å²) in [4.78, 5) is 14.0. The number of nitriles is 1. The summed E-state index contributed by atoms with van der Waals surface area (Å²) in [7, 11) is 0. The van der Waals surface area contributed by atoms with Crippen LogP contribution in [-0.2, 0) is 16.1 Å². The average molecular weight is 330 g/mol. The maximum absolute atomic E-state index is 12.2. The molecule has 0 spiro atoms.